The molecule has 0 saturated carbocycles. The van der Waals surface area contributed by atoms with Crippen LogP contribution in [0.25, 0.3) is 5.57 Å². The molecule has 1 atom stereocenters. The van der Waals surface area contributed by atoms with Crippen LogP contribution in [0.1, 0.15) is 25.3 Å². The van der Waals surface area contributed by atoms with Crippen LogP contribution in [0, 0.1) is 0 Å². The van der Waals surface area contributed by atoms with E-state index in [-0.39, 0.29) is 0 Å². The van der Waals surface area contributed by atoms with Gasteiger partial charge in [0, 0.05) is 17.1 Å². The highest BCUT2D eigenvalue weighted by Crippen LogP contribution is 2.38. The molecule has 1 aromatic rings. The van der Waals surface area contributed by atoms with Crippen LogP contribution in [0.2, 0.25) is 5.02 Å². The summed E-state index contributed by atoms with van der Waals surface area (Å²) in [7, 11) is 0. The van der Waals surface area contributed by atoms with E-state index < -0.39 is 11.1 Å². The molecule has 1 unspecified atom stereocenters. The van der Waals surface area contributed by atoms with E-state index in [2.05, 4.69) is 28.6 Å². The molecule has 0 fully saturated rings. The Morgan fingerprint density at radius 3 is 2.90 bits per heavy atom. The third kappa shape index (κ3) is 3.88. The molecule has 0 radical (unpaired) electrons. The average Bonchev–Trinajstić information content (AvgIpc) is 2.92. The maximum atomic E-state index is 11.0. The summed E-state index contributed by atoms with van der Waals surface area (Å²) in [5.41, 5.74) is 2.14. The first-order valence-electron chi connectivity index (χ1n) is 6.66. The Labute approximate surface area is 127 Å². The molecule has 1 aliphatic heterocycles. The van der Waals surface area contributed by atoms with Gasteiger partial charge in [0.25, 0.3) is 0 Å². The first kappa shape index (κ1) is 15.2. The van der Waals surface area contributed by atoms with Gasteiger partial charge in [0.1, 0.15) is 0 Å². The van der Waals surface area contributed by atoms with Crippen molar-refractivity contribution in [3.8, 4) is 0 Å². The van der Waals surface area contributed by atoms with Gasteiger partial charge >= 0.3 is 0 Å². The van der Waals surface area contributed by atoms with E-state index >= 15 is 0 Å². The normalized spacial score (nSPS) is 18.9. The molecule has 5 heteroatoms. The number of hydrogen-bond donors (Lipinski definition) is 2. The number of unbranched alkanes of at least 4 members (excludes halogenated alkanes) is 1. The number of benzene rings is 1. The predicted octanol–water partition coefficient (Wildman–Crippen LogP) is 3.89. The molecule has 1 N–H and O–H groups in total. The van der Waals surface area contributed by atoms with E-state index in [1.165, 1.54) is 0 Å². The van der Waals surface area contributed by atoms with Crippen molar-refractivity contribution in [2.24, 2.45) is 0 Å². The van der Waals surface area contributed by atoms with E-state index in [4.69, 9.17) is 11.6 Å². The lowest BCUT2D eigenvalue weighted by atomic mass is 10.1. The molecular weight excluding hydrogens is 292 g/mol. The molecule has 0 aliphatic carbocycles. The summed E-state index contributed by atoms with van der Waals surface area (Å²) < 4.78 is 0. The summed E-state index contributed by atoms with van der Waals surface area (Å²) in [5.74, 6) is 0. The number of hydrogen-bond acceptors (Lipinski definition) is 2. The number of carbonyl (C=O) groups excluding carboxylic acids is 1. The fourth-order valence-corrected chi connectivity index (χ4v) is 3.66. The number of allylic oxidation sites excluding steroid dienone is 2. The largest absolute Gasteiger partial charge is 0.277 e. The molecule has 1 amide bonds. The molecule has 0 saturated heterocycles. The van der Waals surface area contributed by atoms with Gasteiger partial charge in [-0.05, 0) is 35.0 Å². The minimum atomic E-state index is -0.639. The number of nitrogens with zero attached hydrogens (tertiary/aromatic N) is 1. The second kappa shape index (κ2) is 7.53. The zero-order valence-electron chi connectivity index (χ0n) is 11.4. The average molecular weight is 311 g/mol. The summed E-state index contributed by atoms with van der Waals surface area (Å²) in [6.45, 7) is 2.85. The monoisotopic (exact) mass is 310 g/mol. The zero-order chi connectivity index (χ0) is 14.4. The maximum absolute atomic E-state index is 11.0. The van der Waals surface area contributed by atoms with Crippen molar-refractivity contribution in [1.82, 2.24) is 9.84 Å². The highest BCUT2D eigenvalue weighted by Gasteiger charge is 2.12. The third-order valence-corrected chi connectivity index (χ3v) is 4.85. The van der Waals surface area contributed by atoms with Crippen LogP contribution in [0.4, 0.5) is 0 Å². The van der Waals surface area contributed by atoms with Crippen LogP contribution >= 0.6 is 22.7 Å². The quantitative estimate of drug-likeness (QED) is 0.455. The molecule has 0 bridgehead atoms. The minimum absolute atomic E-state index is 0.639. The molecule has 0 spiro atoms. The number of halogens is 1. The van der Waals surface area contributed by atoms with Crippen molar-refractivity contribution >= 4 is 34.7 Å². The van der Waals surface area contributed by atoms with Crippen molar-refractivity contribution in [2.75, 3.05) is 6.54 Å². The summed E-state index contributed by atoms with van der Waals surface area (Å²) >= 11 is 5.56. The molecule has 0 aromatic heterocycles. The lowest BCUT2D eigenvalue weighted by Gasteiger charge is -2.23. The van der Waals surface area contributed by atoms with Crippen molar-refractivity contribution < 1.29 is 4.79 Å². The maximum Gasteiger partial charge on any atom is 0.224 e. The lowest BCUT2D eigenvalue weighted by molar-refractivity contribution is -0.119. The van der Waals surface area contributed by atoms with Crippen LogP contribution < -0.4 is 4.83 Å². The van der Waals surface area contributed by atoms with Gasteiger partial charge in [-0.1, -0.05) is 43.1 Å². The van der Waals surface area contributed by atoms with E-state index in [9.17, 15) is 4.79 Å². The van der Waals surface area contributed by atoms with Gasteiger partial charge in [-0.15, -0.1) is 11.1 Å². The predicted molar refractivity (Wildman–Crippen MR) is 88.4 cm³/mol. The van der Waals surface area contributed by atoms with E-state index in [1.54, 1.807) is 5.01 Å². The second-order valence-corrected chi connectivity index (χ2v) is 6.52. The SMILES string of the molecule is CCCCN(C=O)N[SH]1C=CC(c2ccccc2Cl)=C1. The first-order chi connectivity index (χ1) is 9.74. The number of amides is 1. The number of carbonyl (C=O) groups is 1. The molecule has 1 aliphatic rings. The Balaban J connectivity index is 2.02. The van der Waals surface area contributed by atoms with Crippen molar-refractivity contribution in [1.29, 1.82) is 0 Å². The Morgan fingerprint density at radius 2 is 2.20 bits per heavy atom. The second-order valence-electron chi connectivity index (χ2n) is 4.54. The fourth-order valence-electron chi connectivity index (χ4n) is 1.92. The Bertz CT molecular complexity index is 530. The van der Waals surface area contributed by atoms with E-state index in [1.807, 2.05) is 24.3 Å². The topological polar surface area (TPSA) is 32.3 Å². The molecule has 2 rings (SSSR count). The van der Waals surface area contributed by atoms with Gasteiger partial charge in [-0.25, -0.2) is 0 Å². The van der Waals surface area contributed by atoms with Crippen LogP contribution in [0.5, 0.6) is 0 Å². The van der Waals surface area contributed by atoms with Crippen LogP contribution in [-0.2, 0) is 4.79 Å². The molecule has 3 nitrogen and oxygen atoms in total. The third-order valence-electron chi connectivity index (χ3n) is 3.00. The van der Waals surface area contributed by atoms with Gasteiger partial charge in [-0.3, -0.25) is 9.80 Å². The standard InChI is InChI=1S/C15H19ClN2OS/c1-2-3-9-18(12-19)17-20-10-8-13(11-20)14-6-4-5-7-15(14)16/h4-8,10-12,17,20H,2-3,9H2,1H3. The van der Waals surface area contributed by atoms with E-state index in [0.29, 0.717) is 0 Å². The molecular formula is C15H19ClN2OS. The van der Waals surface area contributed by atoms with Gasteiger partial charge in [0.2, 0.25) is 6.41 Å². The summed E-state index contributed by atoms with van der Waals surface area (Å²) in [6.07, 6.45) is 4.98. The summed E-state index contributed by atoms with van der Waals surface area (Å²) in [4.78, 5) is 14.3. The van der Waals surface area contributed by atoms with Gasteiger partial charge in [0.05, 0.1) is 0 Å². The highest BCUT2D eigenvalue weighted by molar-refractivity contribution is 8.20. The summed E-state index contributed by atoms with van der Waals surface area (Å²) in [5, 5.41) is 6.61. The molecule has 20 heavy (non-hydrogen) atoms. The zero-order valence-corrected chi connectivity index (χ0v) is 13.1. The van der Waals surface area contributed by atoms with Crippen LogP contribution in [0.3, 0.4) is 0 Å². The lowest BCUT2D eigenvalue weighted by Crippen LogP contribution is -2.34. The van der Waals surface area contributed by atoms with E-state index in [0.717, 1.165) is 42.0 Å². The number of hydrazine groups is 1. The van der Waals surface area contributed by atoms with Crippen molar-refractivity contribution in [2.45, 2.75) is 19.8 Å². The fraction of sp³-hybridized carbons (Fsp3) is 0.267. The Hall–Kier alpha value is -1.23. The van der Waals surface area contributed by atoms with Crippen molar-refractivity contribution in [3.05, 3.63) is 51.7 Å². The smallest absolute Gasteiger partial charge is 0.224 e. The van der Waals surface area contributed by atoms with Gasteiger partial charge in [0.15, 0.2) is 0 Å². The van der Waals surface area contributed by atoms with Gasteiger partial charge < -0.3 is 0 Å². The molecule has 1 aromatic carbocycles. The number of thiol groups is 1. The van der Waals surface area contributed by atoms with Crippen LogP contribution in [-0.4, -0.2) is 18.0 Å². The molecule has 108 valence electrons. The molecule has 1 heterocycles. The van der Waals surface area contributed by atoms with Crippen LogP contribution in [0.15, 0.2) is 41.2 Å². The summed E-state index contributed by atoms with van der Waals surface area (Å²) in [6, 6.07) is 7.79. The Morgan fingerprint density at radius 1 is 1.40 bits per heavy atom. The number of nitrogens with one attached hydrogen (secondary N) is 1. The van der Waals surface area contributed by atoms with Gasteiger partial charge in [-0.2, -0.15) is 4.83 Å². The Kier molecular flexibility index (Phi) is 5.71. The van der Waals surface area contributed by atoms with Crippen molar-refractivity contribution in [3.63, 3.8) is 0 Å². The minimum Gasteiger partial charge on any atom is -0.277 e. The highest BCUT2D eigenvalue weighted by atomic mass is 35.5. The number of rotatable bonds is 7. The first-order valence-corrected chi connectivity index (χ1v) is 8.52.